The highest BCUT2D eigenvalue weighted by Crippen LogP contribution is 2.29. The van der Waals surface area contributed by atoms with Crippen molar-refractivity contribution in [2.45, 2.75) is 37.8 Å². The summed E-state index contributed by atoms with van der Waals surface area (Å²) < 4.78 is 14.0. The normalized spacial score (nSPS) is 17.4. The van der Waals surface area contributed by atoms with Crippen molar-refractivity contribution in [1.29, 1.82) is 0 Å². The van der Waals surface area contributed by atoms with E-state index in [9.17, 15) is 9.18 Å². The summed E-state index contributed by atoms with van der Waals surface area (Å²) in [7, 11) is 3.50. The first kappa shape index (κ1) is 15.3. The minimum atomic E-state index is -0.704. The average molecular weight is 299 g/mol. The van der Waals surface area contributed by atoms with Crippen molar-refractivity contribution in [3.63, 3.8) is 0 Å². The lowest BCUT2D eigenvalue weighted by atomic mass is 10.0. The summed E-state index contributed by atoms with van der Waals surface area (Å²) in [5, 5.41) is 3.29. The van der Waals surface area contributed by atoms with Gasteiger partial charge in [0.25, 0.3) is 0 Å². The fourth-order valence-electron chi connectivity index (χ4n) is 2.75. The lowest BCUT2D eigenvalue weighted by Gasteiger charge is -2.26. The molecule has 5 heteroatoms. The van der Waals surface area contributed by atoms with Gasteiger partial charge in [-0.05, 0) is 39.1 Å². The molecule has 0 heterocycles. The maximum Gasteiger partial charge on any atom is 0.242 e. The van der Waals surface area contributed by atoms with Crippen LogP contribution in [0.5, 0.6) is 0 Å². The van der Waals surface area contributed by atoms with Gasteiger partial charge in [0.05, 0.1) is 0 Å². The number of hydrogen-bond donors (Lipinski definition) is 1. The molecule has 0 saturated heterocycles. The Morgan fingerprint density at radius 1 is 1.40 bits per heavy atom. The van der Waals surface area contributed by atoms with Crippen LogP contribution in [0.15, 0.2) is 18.2 Å². The summed E-state index contributed by atoms with van der Waals surface area (Å²) >= 11 is 6.08. The lowest BCUT2D eigenvalue weighted by molar-refractivity contribution is -0.126. The molecule has 1 N–H and O–H groups in total. The second-order valence-electron chi connectivity index (χ2n) is 5.49. The molecule has 0 aromatic heterocycles. The largest absolute Gasteiger partial charge is 0.352 e. The highest BCUT2D eigenvalue weighted by molar-refractivity contribution is 6.31. The molecule has 0 unspecified atom stereocenters. The molecule has 1 amide bonds. The van der Waals surface area contributed by atoms with Gasteiger partial charge in [-0.2, -0.15) is 0 Å². The van der Waals surface area contributed by atoms with Gasteiger partial charge in [0.1, 0.15) is 11.9 Å². The smallest absolute Gasteiger partial charge is 0.242 e. The second-order valence-corrected chi connectivity index (χ2v) is 5.90. The van der Waals surface area contributed by atoms with E-state index in [0.717, 1.165) is 25.7 Å². The summed E-state index contributed by atoms with van der Waals surface area (Å²) in [6.45, 7) is 0. The lowest BCUT2D eigenvalue weighted by Crippen LogP contribution is -2.41. The molecule has 2 rings (SSSR count). The Labute approximate surface area is 124 Å². The number of rotatable bonds is 4. The van der Waals surface area contributed by atoms with Crippen LogP contribution in [0, 0.1) is 5.82 Å². The summed E-state index contributed by atoms with van der Waals surface area (Å²) in [5.41, 5.74) is 0.245. The first-order valence-corrected chi connectivity index (χ1v) is 7.29. The van der Waals surface area contributed by atoms with Gasteiger partial charge in [-0.3, -0.25) is 9.69 Å². The SMILES string of the molecule is CN(C)[C@H](C(=O)NC1CCCC1)c1c(F)cccc1Cl. The van der Waals surface area contributed by atoms with Crippen molar-refractivity contribution < 1.29 is 9.18 Å². The van der Waals surface area contributed by atoms with Crippen molar-refractivity contribution in [2.75, 3.05) is 14.1 Å². The van der Waals surface area contributed by atoms with Crippen LogP contribution in [0.1, 0.15) is 37.3 Å². The van der Waals surface area contributed by atoms with E-state index in [1.807, 2.05) is 0 Å². The average Bonchev–Trinajstić information content (AvgIpc) is 2.86. The highest BCUT2D eigenvalue weighted by Gasteiger charge is 2.30. The van der Waals surface area contributed by atoms with Crippen molar-refractivity contribution >= 4 is 17.5 Å². The summed E-state index contributed by atoms with van der Waals surface area (Å²) in [6, 6.07) is 3.99. The molecule has 1 atom stereocenters. The molecule has 0 spiro atoms. The van der Waals surface area contributed by atoms with Gasteiger partial charge >= 0.3 is 0 Å². The molecule has 0 radical (unpaired) electrons. The zero-order chi connectivity index (χ0) is 14.7. The monoisotopic (exact) mass is 298 g/mol. The molecular weight excluding hydrogens is 279 g/mol. The number of carbonyl (C=O) groups excluding carboxylic acids is 1. The fourth-order valence-corrected chi connectivity index (χ4v) is 3.01. The maximum atomic E-state index is 14.0. The van der Waals surface area contributed by atoms with Crippen LogP contribution in [0.3, 0.4) is 0 Å². The third-order valence-electron chi connectivity index (χ3n) is 3.74. The zero-order valence-electron chi connectivity index (χ0n) is 11.8. The molecule has 1 aliphatic rings. The summed E-state index contributed by atoms with van der Waals surface area (Å²) in [6.07, 6.45) is 4.27. The topological polar surface area (TPSA) is 32.3 Å². The number of halogens is 2. The molecular formula is C15H20ClFN2O. The van der Waals surface area contributed by atoms with E-state index in [1.165, 1.54) is 6.07 Å². The number of carbonyl (C=O) groups is 1. The Balaban J connectivity index is 2.24. The summed E-state index contributed by atoms with van der Waals surface area (Å²) in [5.74, 6) is -0.633. The Hall–Kier alpha value is -1.13. The number of hydrogen-bond acceptors (Lipinski definition) is 2. The zero-order valence-corrected chi connectivity index (χ0v) is 12.6. The maximum absolute atomic E-state index is 14.0. The van der Waals surface area contributed by atoms with Crippen molar-refractivity contribution in [3.05, 3.63) is 34.6 Å². The van der Waals surface area contributed by atoms with Gasteiger partial charge in [0.15, 0.2) is 0 Å². The molecule has 1 aromatic carbocycles. The quantitative estimate of drug-likeness (QED) is 0.926. The van der Waals surface area contributed by atoms with Gasteiger partial charge in [0.2, 0.25) is 5.91 Å². The number of amides is 1. The first-order chi connectivity index (χ1) is 9.50. The van der Waals surface area contributed by atoms with Crippen LogP contribution in [0.25, 0.3) is 0 Å². The molecule has 0 aliphatic heterocycles. The number of nitrogens with zero attached hydrogens (tertiary/aromatic N) is 1. The molecule has 3 nitrogen and oxygen atoms in total. The number of benzene rings is 1. The van der Waals surface area contributed by atoms with Gasteiger partial charge in [0, 0.05) is 16.6 Å². The predicted octanol–water partition coefficient (Wildman–Crippen LogP) is 3.14. The van der Waals surface area contributed by atoms with Gasteiger partial charge in [-0.15, -0.1) is 0 Å². The van der Waals surface area contributed by atoms with Crippen LogP contribution in [-0.2, 0) is 4.79 Å². The molecule has 1 aliphatic carbocycles. The standard InChI is InChI=1S/C15H20ClFN2O/c1-19(2)14(13-11(16)8-5-9-12(13)17)15(20)18-10-6-3-4-7-10/h5,8-10,14H,3-4,6-7H2,1-2H3,(H,18,20)/t14-/m0/s1. The van der Waals surface area contributed by atoms with Crippen molar-refractivity contribution in [2.24, 2.45) is 0 Å². The molecule has 1 aromatic rings. The first-order valence-electron chi connectivity index (χ1n) is 6.91. The molecule has 1 saturated carbocycles. The van der Waals surface area contributed by atoms with Crippen LogP contribution in [-0.4, -0.2) is 30.9 Å². The Kier molecular flexibility index (Phi) is 5.00. The van der Waals surface area contributed by atoms with Gasteiger partial charge < -0.3 is 5.32 Å². The molecule has 0 bridgehead atoms. The fraction of sp³-hybridized carbons (Fsp3) is 0.533. The van der Waals surface area contributed by atoms with E-state index in [4.69, 9.17) is 11.6 Å². The van der Waals surface area contributed by atoms with E-state index in [0.29, 0.717) is 0 Å². The van der Waals surface area contributed by atoms with Crippen LogP contribution in [0.2, 0.25) is 5.02 Å². The van der Waals surface area contributed by atoms with Crippen LogP contribution < -0.4 is 5.32 Å². The van der Waals surface area contributed by atoms with Crippen LogP contribution in [0.4, 0.5) is 4.39 Å². The third-order valence-corrected chi connectivity index (χ3v) is 4.07. The highest BCUT2D eigenvalue weighted by atomic mass is 35.5. The van der Waals surface area contributed by atoms with Crippen LogP contribution >= 0.6 is 11.6 Å². The number of nitrogens with one attached hydrogen (secondary N) is 1. The Morgan fingerprint density at radius 3 is 2.60 bits per heavy atom. The number of likely N-dealkylation sites (N-methyl/N-ethyl adjacent to an activating group) is 1. The van der Waals surface area contributed by atoms with Gasteiger partial charge in [-0.25, -0.2) is 4.39 Å². The molecule has 20 heavy (non-hydrogen) atoms. The van der Waals surface area contributed by atoms with Crippen molar-refractivity contribution in [3.8, 4) is 0 Å². The Bertz CT molecular complexity index is 467. The van der Waals surface area contributed by atoms with E-state index in [2.05, 4.69) is 5.32 Å². The predicted molar refractivity (Wildman–Crippen MR) is 78.2 cm³/mol. The molecule has 1 fully saturated rings. The third kappa shape index (κ3) is 3.30. The van der Waals surface area contributed by atoms with E-state index in [1.54, 1.807) is 31.1 Å². The summed E-state index contributed by atoms with van der Waals surface area (Å²) in [4.78, 5) is 14.2. The van der Waals surface area contributed by atoms with E-state index >= 15 is 0 Å². The minimum Gasteiger partial charge on any atom is -0.352 e. The van der Waals surface area contributed by atoms with E-state index in [-0.39, 0.29) is 22.5 Å². The minimum absolute atomic E-state index is 0.186. The second kappa shape index (κ2) is 6.55. The van der Waals surface area contributed by atoms with Crippen molar-refractivity contribution in [1.82, 2.24) is 10.2 Å². The van der Waals surface area contributed by atoms with Gasteiger partial charge in [-0.1, -0.05) is 30.5 Å². The Morgan fingerprint density at radius 2 is 2.05 bits per heavy atom. The molecule has 110 valence electrons. The van der Waals surface area contributed by atoms with E-state index < -0.39 is 11.9 Å².